The number of rotatable bonds is 11. The molecule has 15 nitrogen and oxygen atoms in total. The first-order valence-corrected chi connectivity index (χ1v) is 22.7. The highest BCUT2D eigenvalue weighted by Gasteiger charge is 2.34. The fraction of sp³-hybridized carbons (Fsp3) is 0.469. The van der Waals surface area contributed by atoms with E-state index in [2.05, 4.69) is 56.6 Å². The highest BCUT2D eigenvalue weighted by atomic mass is 16.4. The minimum absolute atomic E-state index is 0.213. The molecule has 0 aliphatic carbocycles. The summed E-state index contributed by atoms with van der Waals surface area (Å²) in [5.74, 6) is 2.11. The normalized spacial score (nSPS) is 20.1. The third kappa shape index (κ3) is 8.43. The van der Waals surface area contributed by atoms with E-state index < -0.39 is 0 Å². The van der Waals surface area contributed by atoms with Gasteiger partial charge in [0.1, 0.15) is 11.6 Å². The van der Waals surface area contributed by atoms with Crippen molar-refractivity contribution in [3.8, 4) is 22.9 Å². The minimum Gasteiger partial charge on any atom is -0.403 e. The number of aromatic nitrogens is 4. The molecule has 0 saturated carbocycles. The fourth-order valence-electron chi connectivity index (χ4n) is 10.0. The van der Waals surface area contributed by atoms with Gasteiger partial charge in [0, 0.05) is 110 Å². The lowest BCUT2D eigenvalue weighted by atomic mass is 9.90. The van der Waals surface area contributed by atoms with Crippen LogP contribution in [0.1, 0.15) is 37.3 Å². The molecule has 15 heteroatoms. The molecular formula is C49H61N11O4. The van der Waals surface area contributed by atoms with E-state index in [1.807, 2.05) is 82.5 Å². The molecule has 3 unspecified atom stereocenters. The maximum atomic E-state index is 14.2. The number of benzene rings is 2. The van der Waals surface area contributed by atoms with Gasteiger partial charge in [-0.2, -0.15) is 0 Å². The van der Waals surface area contributed by atoms with E-state index in [9.17, 15) is 9.59 Å². The second-order valence-electron chi connectivity index (χ2n) is 18.4. The van der Waals surface area contributed by atoms with Crippen LogP contribution < -0.4 is 30.9 Å². The van der Waals surface area contributed by atoms with Gasteiger partial charge in [-0.15, -0.1) is 0 Å². The lowest BCUT2D eigenvalue weighted by Gasteiger charge is -2.45. The average Bonchev–Trinajstić information content (AvgIpc) is 3.74. The monoisotopic (exact) mass is 867 g/mol. The zero-order valence-corrected chi connectivity index (χ0v) is 38.5. The summed E-state index contributed by atoms with van der Waals surface area (Å²) < 4.78 is 12.1. The predicted octanol–water partition coefficient (Wildman–Crippen LogP) is 5.48. The third-order valence-electron chi connectivity index (χ3n) is 13.9. The number of likely N-dealkylation sites (N-methyl/N-ethyl adjacent to an activating group) is 3. The van der Waals surface area contributed by atoms with E-state index in [0.717, 1.165) is 99.2 Å². The quantitative estimate of drug-likeness (QED) is 0.163. The first kappa shape index (κ1) is 43.4. The number of aryl methyl sites for hydroxylation is 1. The first-order chi connectivity index (χ1) is 30.9. The van der Waals surface area contributed by atoms with Gasteiger partial charge in [-0.05, 0) is 119 Å². The van der Waals surface area contributed by atoms with Crippen molar-refractivity contribution in [1.82, 2.24) is 34.6 Å². The number of likely N-dealkylation sites (tertiary alicyclic amines) is 2. The van der Waals surface area contributed by atoms with Crippen LogP contribution in [0, 0.1) is 0 Å². The van der Waals surface area contributed by atoms with Gasteiger partial charge in [0.2, 0.25) is 11.8 Å². The second-order valence-corrected chi connectivity index (χ2v) is 18.4. The number of nitrogens with zero attached hydrogens (tertiary/aromatic N) is 11. The topological polar surface area (TPSA) is 135 Å². The Balaban J connectivity index is 0.936. The van der Waals surface area contributed by atoms with Crippen LogP contribution in [0.4, 0.5) is 23.0 Å². The number of hydrogen-bond acceptors (Lipinski definition) is 15. The van der Waals surface area contributed by atoms with E-state index in [-0.39, 0.29) is 29.1 Å². The summed E-state index contributed by atoms with van der Waals surface area (Å²) in [5, 5.41) is 1.08. The van der Waals surface area contributed by atoms with E-state index in [1.165, 1.54) is 0 Å². The SMILES string of the molecule is CCc1cc(N(C)C)cc2nc(-c3cccnc3N3CCN(C4CCN(C)C(Cc5cc(N(C)C)cc6nc(-c7cccnc7N(C)C7CCN(C)C7)oc(=O)c56)C4)CC3)oc(=O)c12. The van der Waals surface area contributed by atoms with Gasteiger partial charge in [-0.3, -0.25) is 4.90 Å². The first-order valence-electron chi connectivity index (χ1n) is 22.7. The van der Waals surface area contributed by atoms with Crippen LogP contribution in [0.3, 0.4) is 0 Å². The summed E-state index contributed by atoms with van der Waals surface area (Å²) in [5.41, 5.74) is 5.79. The number of piperazine rings is 1. The summed E-state index contributed by atoms with van der Waals surface area (Å²) in [7, 11) is 14.4. The fourth-order valence-corrected chi connectivity index (χ4v) is 10.0. The Kier molecular flexibility index (Phi) is 12.1. The van der Waals surface area contributed by atoms with Crippen molar-refractivity contribution in [2.45, 2.75) is 57.2 Å². The van der Waals surface area contributed by atoms with Gasteiger partial charge >= 0.3 is 11.3 Å². The van der Waals surface area contributed by atoms with Crippen molar-refractivity contribution < 1.29 is 8.83 Å². The Labute approximate surface area is 374 Å². The predicted molar refractivity (Wildman–Crippen MR) is 256 cm³/mol. The second kappa shape index (κ2) is 17.9. The molecule has 0 radical (unpaired) electrons. The molecule has 9 rings (SSSR count). The number of pyridine rings is 2. The number of piperidine rings is 1. The van der Waals surface area contributed by atoms with Crippen LogP contribution in [0.5, 0.6) is 0 Å². The maximum absolute atomic E-state index is 14.2. The Hall–Kier alpha value is -5.90. The summed E-state index contributed by atoms with van der Waals surface area (Å²) in [6.45, 7) is 8.27. The van der Waals surface area contributed by atoms with Crippen molar-refractivity contribution in [3.05, 3.63) is 92.9 Å². The van der Waals surface area contributed by atoms with Crippen molar-refractivity contribution in [1.29, 1.82) is 0 Å². The molecule has 3 fully saturated rings. The Morgan fingerprint density at radius 3 is 1.95 bits per heavy atom. The molecule has 3 atom stereocenters. The Morgan fingerprint density at radius 2 is 1.33 bits per heavy atom. The van der Waals surface area contributed by atoms with Crippen LogP contribution in [-0.2, 0) is 12.8 Å². The summed E-state index contributed by atoms with van der Waals surface area (Å²) >= 11 is 0. The minimum atomic E-state index is -0.378. The van der Waals surface area contributed by atoms with Gasteiger partial charge in [0.05, 0.1) is 32.9 Å². The molecule has 3 aliphatic heterocycles. The van der Waals surface area contributed by atoms with Gasteiger partial charge in [-0.25, -0.2) is 29.5 Å². The largest absolute Gasteiger partial charge is 0.403 e. The molecule has 4 aromatic heterocycles. The lowest BCUT2D eigenvalue weighted by molar-refractivity contribution is 0.0771. The van der Waals surface area contributed by atoms with Crippen molar-refractivity contribution in [3.63, 3.8) is 0 Å². The molecule has 0 N–H and O–H groups in total. The summed E-state index contributed by atoms with van der Waals surface area (Å²) in [6, 6.07) is 16.7. The zero-order valence-electron chi connectivity index (χ0n) is 38.5. The van der Waals surface area contributed by atoms with E-state index in [0.29, 0.717) is 57.9 Å². The molecular weight excluding hydrogens is 807 g/mol. The van der Waals surface area contributed by atoms with Crippen molar-refractivity contribution >= 4 is 44.8 Å². The number of fused-ring (bicyclic) bond motifs is 2. The number of hydrogen-bond donors (Lipinski definition) is 0. The maximum Gasteiger partial charge on any atom is 0.347 e. The van der Waals surface area contributed by atoms with E-state index in [4.69, 9.17) is 28.8 Å². The van der Waals surface area contributed by atoms with Gasteiger partial charge in [0.25, 0.3) is 0 Å². The van der Waals surface area contributed by atoms with Crippen molar-refractivity contribution in [2.75, 3.05) is 115 Å². The molecule has 6 aromatic rings. The van der Waals surface area contributed by atoms with Crippen LogP contribution in [-0.4, -0.2) is 148 Å². The number of anilines is 4. The Bertz CT molecular complexity index is 2780. The molecule has 0 amide bonds. The summed E-state index contributed by atoms with van der Waals surface area (Å²) in [6.07, 6.45) is 8.05. The average molecular weight is 868 g/mol. The molecule has 336 valence electrons. The summed E-state index contributed by atoms with van der Waals surface area (Å²) in [4.78, 5) is 63.2. The van der Waals surface area contributed by atoms with Crippen LogP contribution in [0.15, 0.2) is 79.3 Å². The highest BCUT2D eigenvalue weighted by molar-refractivity contribution is 5.88. The zero-order chi connectivity index (χ0) is 44.8. The van der Waals surface area contributed by atoms with Gasteiger partial charge < -0.3 is 38.2 Å². The molecule has 3 aliphatic rings. The molecule has 3 saturated heterocycles. The third-order valence-corrected chi connectivity index (χ3v) is 13.9. The molecule has 0 bridgehead atoms. The Morgan fingerprint density at radius 1 is 0.719 bits per heavy atom. The van der Waals surface area contributed by atoms with E-state index in [1.54, 1.807) is 12.4 Å². The standard InChI is InChI=1S/C49H61N11O4/c1-9-31-24-35(54(2)3)28-40-42(31)48(61)64-47(52-40)39-13-11-17-51-45(39)60-22-20-59(21-23-60)33-15-19-57(7)37(27-33)26-32-25-36(55(4)5)29-41-43(32)49(62)63-46(53-41)38-12-10-16-50-44(38)58(8)34-14-18-56(6)30-34/h10-13,16-17,24-25,28-29,33-34,37H,9,14-15,18-23,26-27,30H2,1-8H3. The molecule has 2 aromatic carbocycles. The highest BCUT2D eigenvalue weighted by Crippen LogP contribution is 2.35. The van der Waals surface area contributed by atoms with Crippen LogP contribution >= 0.6 is 0 Å². The molecule has 0 spiro atoms. The van der Waals surface area contributed by atoms with Crippen molar-refractivity contribution in [2.24, 2.45) is 0 Å². The van der Waals surface area contributed by atoms with E-state index >= 15 is 0 Å². The molecule has 7 heterocycles. The van der Waals surface area contributed by atoms with Crippen LogP contribution in [0.2, 0.25) is 0 Å². The molecule has 64 heavy (non-hydrogen) atoms. The smallest absolute Gasteiger partial charge is 0.347 e. The lowest BCUT2D eigenvalue weighted by Crippen LogP contribution is -2.55. The van der Waals surface area contributed by atoms with Gasteiger partial charge in [-0.1, -0.05) is 6.92 Å². The van der Waals surface area contributed by atoms with Crippen LogP contribution in [0.25, 0.3) is 44.7 Å². The van der Waals surface area contributed by atoms with Gasteiger partial charge in [0.15, 0.2) is 0 Å².